The Morgan fingerprint density at radius 3 is 2.83 bits per heavy atom. The lowest BCUT2D eigenvalue weighted by atomic mass is 10.2. The summed E-state index contributed by atoms with van der Waals surface area (Å²) in [6.07, 6.45) is 2.39. The lowest BCUT2D eigenvalue weighted by Gasteiger charge is -2.13. The first-order valence-corrected chi connectivity index (χ1v) is 9.11. The molecule has 1 fully saturated rings. The van der Waals surface area contributed by atoms with Gasteiger partial charge in [0.05, 0.1) is 18.4 Å². The van der Waals surface area contributed by atoms with E-state index in [0.717, 1.165) is 42.7 Å². The van der Waals surface area contributed by atoms with E-state index in [1.165, 1.54) is 17.3 Å². The van der Waals surface area contributed by atoms with Crippen LogP contribution in [0.4, 0.5) is 5.69 Å². The number of nitrogens with one attached hydrogen (secondary N) is 1. The van der Waals surface area contributed by atoms with Gasteiger partial charge in [0.25, 0.3) is 0 Å². The largest absolute Gasteiger partial charge is 0.376 e. The molecule has 1 aromatic carbocycles. The number of ether oxygens (including phenoxy) is 1. The van der Waals surface area contributed by atoms with Crippen molar-refractivity contribution in [3.63, 3.8) is 0 Å². The average Bonchev–Trinajstić information content (AvgIpc) is 3.19. The molecule has 1 amide bonds. The highest BCUT2D eigenvalue weighted by Crippen LogP contribution is 2.21. The number of carbonyl (C=O) groups excluding carboxylic acids is 1. The predicted octanol–water partition coefficient (Wildman–Crippen LogP) is 2.80. The van der Waals surface area contributed by atoms with Crippen LogP contribution in [0.25, 0.3) is 0 Å². The number of aryl methyl sites for hydroxylation is 2. The van der Waals surface area contributed by atoms with E-state index in [0.29, 0.717) is 5.75 Å². The number of amides is 1. The standard InChI is InChI=1S/C17H22N4O2S/c1-12-5-7-14(8-6-12)18-16(22)11-24-17-20-19-13(2)21(17)10-15-4-3-9-23-15/h5-8,15H,3-4,9-11H2,1-2H3,(H,18,22)/t15-/m0/s1. The van der Waals surface area contributed by atoms with E-state index >= 15 is 0 Å². The molecule has 1 aromatic heterocycles. The number of thioether (sulfide) groups is 1. The van der Waals surface area contributed by atoms with E-state index in [1.54, 1.807) is 0 Å². The first-order valence-electron chi connectivity index (χ1n) is 8.12. The monoisotopic (exact) mass is 346 g/mol. The summed E-state index contributed by atoms with van der Waals surface area (Å²) in [5.74, 6) is 1.11. The van der Waals surface area contributed by atoms with Crippen LogP contribution in [0.3, 0.4) is 0 Å². The highest BCUT2D eigenvalue weighted by Gasteiger charge is 2.20. The fraction of sp³-hybridized carbons (Fsp3) is 0.471. The summed E-state index contributed by atoms with van der Waals surface area (Å²) in [6, 6.07) is 7.76. The molecule has 3 rings (SSSR count). The van der Waals surface area contributed by atoms with Crippen molar-refractivity contribution in [2.24, 2.45) is 0 Å². The Bertz CT molecular complexity index is 693. The Hall–Kier alpha value is -1.86. The van der Waals surface area contributed by atoms with Crippen LogP contribution in [-0.4, -0.2) is 39.1 Å². The van der Waals surface area contributed by atoms with Crippen LogP contribution in [0.5, 0.6) is 0 Å². The third-order valence-electron chi connectivity index (χ3n) is 3.98. The Balaban J connectivity index is 1.55. The molecule has 7 heteroatoms. The van der Waals surface area contributed by atoms with Gasteiger partial charge in [-0.2, -0.15) is 0 Å². The molecule has 6 nitrogen and oxygen atoms in total. The molecule has 1 aliphatic heterocycles. The number of hydrogen-bond acceptors (Lipinski definition) is 5. The van der Waals surface area contributed by atoms with Gasteiger partial charge in [0.15, 0.2) is 5.16 Å². The molecule has 1 atom stereocenters. The Morgan fingerprint density at radius 1 is 1.33 bits per heavy atom. The zero-order valence-corrected chi connectivity index (χ0v) is 14.8. The highest BCUT2D eigenvalue weighted by atomic mass is 32.2. The molecule has 128 valence electrons. The average molecular weight is 346 g/mol. The number of nitrogens with zero attached hydrogens (tertiary/aromatic N) is 3. The van der Waals surface area contributed by atoms with E-state index in [9.17, 15) is 4.79 Å². The van der Waals surface area contributed by atoms with Gasteiger partial charge in [-0.3, -0.25) is 4.79 Å². The van der Waals surface area contributed by atoms with Crippen molar-refractivity contribution >= 4 is 23.4 Å². The number of hydrogen-bond donors (Lipinski definition) is 1. The van der Waals surface area contributed by atoms with Gasteiger partial charge in [0.2, 0.25) is 5.91 Å². The van der Waals surface area contributed by atoms with Gasteiger partial charge in [-0.15, -0.1) is 10.2 Å². The minimum atomic E-state index is -0.0480. The zero-order chi connectivity index (χ0) is 16.9. The summed E-state index contributed by atoms with van der Waals surface area (Å²) in [5.41, 5.74) is 1.98. The summed E-state index contributed by atoms with van der Waals surface area (Å²) in [4.78, 5) is 12.1. The van der Waals surface area contributed by atoms with Gasteiger partial charge in [-0.05, 0) is 38.8 Å². The topological polar surface area (TPSA) is 69.0 Å². The van der Waals surface area contributed by atoms with Gasteiger partial charge in [-0.1, -0.05) is 29.5 Å². The maximum Gasteiger partial charge on any atom is 0.234 e. The predicted molar refractivity (Wildman–Crippen MR) is 94.3 cm³/mol. The molecule has 0 saturated carbocycles. The quantitative estimate of drug-likeness (QED) is 0.815. The van der Waals surface area contributed by atoms with Crippen LogP contribution in [0, 0.1) is 13.8 Å². The molecular formula is C17H22N4O2S. The van der Waals surface area contributed by atoms with Crippen molar-refractivity contribution in [1.29, 1.82) is 0 Å². The molecule has 0 radical (unpaired) electrons. The molecule has 0 unspecified atom stereocenters. The smallest absolute Gasteiger partial charge is 0.234 e. The SMILES string of the molecule is Cc1ccc(NC(=O)CSc2nnc(C)n2C[C@@H]2CCCO2)cc1. The second kappa shape index (κ2) is 7.81. The Labute approximate surface area is 146 Å². The van der Waals surface area contributed by atoms with E-state index in [4.69, 9.17) is 4.74 Å². The Morgan fingerprint density at radius 2 is 2.12 bits per heavy atom. The van der Waals surface area contributed by atoms with E-state index in [1.807, 2.05) is 42.7 Å². The molecule has 0 aliphatic carbocycles. The highest BCUT2D eigenvalue weighted by molar-refractivity contribution is 7.99. The summed E-state index contributed by atoms with van der Waals surface area (Å²) in [7, 11) is 0. The molecule has 1 aliphatic rings. The summed E-state index contributed by atoms with van der Waals surface area (Å²) < 4.78 is 7.73. The van der Waals surface area contributed by atoms with Crippen molar-refractivity contribution < 1.29 is 9.53 Å². The van der Waals surface area contributed by atoms with Gasteiger partial charge in [-0.25, -0.2) is 0 Å². The lowest BCUT2D eigenvalue weighted by Crippen LogP contribution is -2.18. The van der Waals surface area contributed by atoms with Crippen molar-refractivity contribution in [2.75, 3.05) is 17.7 Å². The normalized spacial score (nSPS) is 17.2. The Kier molecular flexibility index (Phi) is 5.52. The summed E-state index contributed by atoms with van der Waals surface area (Å²) in [5, 5.41) is 12.0. The number of aromatic nitrogens is 3. The third kappa shape index (κ3) is 4.36. The van der Waals surface area contributed by atoms with Crippen LogP contribution >= 0.6 is 11.8 Å². The molecule has 0 bridgehead atoms. The van der Waals surface area contributed by atoms with Crippen LogP contribution in [-0.2, 0) is 16.1 Å². The molecule has 1 saturated heterocycles. The zero-order valence-electron chi connectivity index (χ0n) is 14.0. The summed E-state index contributed by atoms with van der Waals surface area (Å²) in [6.45, 7) is 5.52. The first kappa shape index (κ1) is 17.0. The molecule has 2 heterocycles. The number of carbonyl (C=O) groups is 1. The van der Waals surface area contributed by atoms with Gasteiger partial charge in [0, 0.05) is 12.3 Å². The molecule has 1 N–H and O–H groups in total. The fourth-order valence-corrected chi connectivity index (χ4v) is 3.43. The van der Waals surface area contributed by atoms with Crippen molar-refractivity contribution in [3.8, 4) is 0 Å². The van der Waals surface area contributed by atoms with E-state index < -0.39 is 0 Å². The van der Waals surface area contributed by atoms with Crippen molar-refractivity contribution in [2.45, 2.75) is 44.5 Å². The lowest BCUT2D eigenvalue weighted by molar-refractivity contribution is -0.113. The maximum atomic E-state index is 12.1. The second-order valence-corrected chi connectivity index (χ2v) is 6.92. The summed E-state index contributed by atoms with van der Waals surface area (Å²) >= 11 is 1.40. The molecular weight excluding hydrogens is 324 g/mol. The van der Waals surface area contributed by atoms with Crippen LogP contribution in [0.2, 0.25) is 0 Å². The maximum absolute atomic E-state index is 12.1. The molecule has 0 spiro atoms. The second-order valence-electron chi connectivity index (χ2n) is 5.98. The minimum Gasteiger partial charge on any atom is -0.376 e. The number of benzene rings is 1. The van der Waals surface area contributed by atoms with Crippen molar-refractivity contribution in [3.05, 3.63) is 35.7 Å². The van der Waals surface area contributed by atoms with E-state index in [-0.39, 0.29) is 12.0 Å². The van der Waals surface area contributed by atoms with Crippen LogP contribution in [0.15, 0.2) is 29.4 Å². The van der Waals surface area contributed by atoms with Crippen LogP contribution < -0.4 is 5.32 Å². The minimum absolute atomic E-state index is 0.0480. The fourth-order valence-electron chi connectivity index (χ4n) is 2.63. The number of rotatable bonds is 6. The number of anilines is 1. The van der Waals surface area contributed by atoms with E-state index in [2.05, 4.69) is 15.5 Å². The third-order valence-corrected chi connectivity index (χ3v) is 4.95. The van der Waals surface area contributed by atoms with Gasteiger partial charge >= 0.3 is 0 Å². The van der Waals surface area contributed by atoms with Gasteiger partial charge in [0.1, 0.15) is 5.82 Å². The van der Waals surface area contributed by atoms with Gasteiger partial charge < -0.3 is 14.6 Å². The molecule has 24 heavy (non-hydrogen) atoms. The van der Waals surface area contributed by atoms with Crippen molar-refractivity contribution in [1.82, 2.24) is 14.8 Å². The van der Waals surface area contributed by atoms with Crippen LogP contribution in [0.1, 0.15) is 24.2 Å². The first-order chi connectivity index (χ1) is 11.6. The molecule has 2 aromatic rings.